The van der Waals surface area contributed by atoms with Gasteiger partial charge < -0.3 is 14.7 Å². The number of rotatable bonds is 9. The average Bonchev–Trinajstić information content (AvgIpc) is 3.14. The number of amides is 1. The lowest BCUT2D eigenvalue weighted by Crippen LogP contribution is -2.47. The van der Waals surface area contributed by atoms with Crippen LogP contribution in [0.15, 0.2) is 48.4 Å². The molecule has 0 saturated heterocycles. The molecule has 6 heteroatoms. The van der Waals surface area contributed by atoms with Crippen molar-refractivity contribution in [2.75, 3.05) is 32.8 Å². The summed E-state index contributed by atoms with van der Waals surface area (Å²) in [6.45, 7) is 9.93. The van der Waals surface area contributed by atoms with Crippen LogP contribution in [0.3, 0.4) is 0 Å². The number of ether oxygens (including phenoxy) is 1. The maximum Gasteiger partial charge on any atom is 0.237 e. The van der Waals surface area contributed by atoms with Crippen LogP contribution < -0.4 is 4.74 Å². The second-order valence-electron chi connectivity index (χ2n) is 7.61. The first kappa shape index (κ1) is 21.6. The molecule has 1 aliphatic rings. The molecule has 2 atom stereocenters. The highest BCUT2D eigenvalue weighted by atomic mass is 32.1. The lowest BCUT2D eigenvalue weighted by atomic mass is 10.0. The molecule has 3 rings (SSSR count). The van der Waals surface area contributed by atoms with Crippen molar-refractivity contribution < 1.29 is 14.6 Å². The van der Waals surface area contributed by atoms with Crippen molar-refractivity contribution in [3.05, 3.63) is 64.4 Å². The summed E-state index contributed by atoms with van der Waals surface area (Å²) >= 11 is 1.75. The molecule has 0 unspecified atom stereocenters. The first-order valence-corrected chi connectivity index (χ1v) is 10.9. The van der Waals surface area contributed by atoms with Gasteiger partial charge in [0.1, 0.15) is 12.4 Å². The Morgan fingerprint density at radius 3 is 3.03 bits per heavy atom. The van der Waals surface area contributed by atoms with E-state index in [4.69, 9.17) is 4.74 Å². The van der Waals surface area contributed by atoms with Gasteiger partial charge in [-0.15, -0.1) is 17.9 Å². The number of hydrogen-bond acceptors (Lipinski definition) is 5. The molecule has 0 radical (unpaired) electrons. The maximum atomic E-state index is 13.2. The molecule has 0 spiro atoms. The van der Waals surface area contributed by atoms with E-state index in [1.165, 1.54) is 10.4 Å². The second kappa shape index (κ2) is 10.1. The number of carbonyl (C=O) groups excluding carboxylic acids is 1. The predicted molar refractivity (Wildman–Crippen MR) is 117 cm³/mol. The molecule has 1 amide bonds. The highest BCUT2D eigenvalue weighted by molar-refractivity contribution is 7.10. The minimum atomic E-state index is -0.493. The molecule has 29 heavy (non-hydrogen) atoms. The average molecular weight is 415 g/mol. The molecule has 1 N–H and O–H groups in total. The Balaban J connectivity index is 1.74. The van der Waals surface area contributed by atoms with E-state index in [1.54, 1.807) is 24.3 Å². The van der Waals surface area contributed by atoms with Crippen LogP contribution >= 0.6 is 11.3 Å². The van der Waals surface area contributed by atoms with Gasteiger partial charge in [0.2, 0.25) is 5.91 Å². The number of fused-ring (bicyclic) bond motifs is 1. The highest BCUT2D eigenvalue weighted by Crippen LogP contribution is 2.34. The minimum Gasteiger partial charge on any atom is -0.491 e. The van der Waals surface area contributed by atoms with Crippen molar-refractivity contribution >= 4 is 17.2 Å². The van der Waals surface area contributed by atoms with E-state index in [1.807, 2.05) is 41.0 Å². The van der Waals surface area contributed by atoms with Crippen LogP contribution in [0.4, 0.5) is 0 Å². The maximum absolute atomic E-state index is 13.2. The Morgan fingerprint density at radius 2 is 2.31 bits per heavy atom. The van der Waals surface area contributed by atoms with E-state index < -0.39 is 6.10 Å². The number of hydrogen-bond donors (Lipinski definition) is 1. The quantitative estimate of drug-likeness (QED) is 0.639. The fourth-order valence-corrected chi connectivity index (χ4v) is 4.73. The topological polar surface area (TPSA) is 53.0 Å². The molecular formula is C23H30N2O3S. The van der Waals surface area contributed by atoms with Crippen molar-refractivity contribution in [3.63, 3.8) is 0 Å². The number of aliphatic hydroxyl groups is 1. The van der Waals surface area contributed by atoms with E-state index >= 15 is 0 Å². The fourth-order valence-electron chi connectivity index (χ4n) is 3.80. The number of thiophene rings is 1. The molecular weight excluding hydrogens is 384 g/mol. The third-order valence-electron chi connectivity index (χ3n) is 5.08. The van der Waals surface area contributed by atoms with Gasteiger partial charge in [0.15, 0.2) is 0 Å². The summed E-state index contributed by atoms with van der Waals surface area (Å²) in [4.78, 5) is 18.4. The summed E-state index contributed by atoms with van der Waals surface area (Å²) in [7, 11) is 0. The molecule has 1 aromatic carbocycles. The van der Waals surface area contributed by atoms with Gasteiger partial charge in [0.05, 0.1) is 18.7 Å². The van der Waals surface area contributed by atoms with Crippen LogP contribution in [0.1, 0.15) is 29.0 Å². The van der Waals surface area contributed by atoms with Gasteiger partial charge >= 0.3 is 0 Å². The summed E-state index contributed by atoms with van der Waals surface area (Å²) in [5, 5.41) is 11.8. The van der Waals surface area contributed by atoms with E-state index in [0.717, 1.165) is 17.7 Å². The summed E-state index contributed by atoms with van der Waals surface area (Å²) in [6, 6.07) is 9.99. The Labute approximate surface area is 177 Å². The standard InChI is InChI=1S/C23H30N2O3S/c1-4-10-24(14-18(3)26)15-23(27)25-11-8-22-20(9-12-29-22)21(25)16-28-19-7-5-6-17(2)13-19/h4-7,9,12-13,18,21,26H,1,8,10-11,14-16H2,2-3H3/t18-,21-/m1/s1. The van der Waals surface area contributed by atoms with Crippen LogP contribution in [-0.2, 0) is 11.2 Å². The highest BCUT2D eigenvalue weighted by Gasteiger charge is 2.32. The molecule has 156 valence electrons. The monoisotopic (exact) mass is 414 g/mol. The van der Waals surface area contributed by atoms with Gasteiger partial charge in [-0.25, -0.2) is 0 Å². The second-order valence-corrected chi connectivity index (χ2v) is 8.61. The molecule has 2 heterocycles. The number of aliphatic hydroxyl groups excluding tert-OH is 1. The zero-order valence-corrected chi connectivity index (χ0v) is 18.0. The van der Waals surface area contributed by atoms with E-state index in [2.05, 4.69) is 18.0 Å². The van der Waals surface area contributed by atoms with Crippen molar-refractivity contribution in [1.29, 1.82) is 0 Å². The summed E-state index contributed by atoms with van der Waals surface area (Å²) in [5.41, 5.74) is 2.33. The van der Waals surface area contributed by atoms with Gasteiger partial charge in [-0.3, -0.25) is 9.69 Å². The van der Waals surface area contributed by atoms with Gasteiger partial charge in [-0.1, -0.05) is 18.2 Å². The third-order valence-corrected chi connectivity index (χ3v) is 6.08. The Bertz CT molecular complexity index is 833. The zero-order chi connectivity index (χ0) is 20.8. The van der Waals surface area contributed by atoms with Gasteiger partial charge in [-0.05, 0) is 55.0 Å². The van der Waals surface area contributed by atoms with E-state index in [9.17, 15) is 9.90 Å². The first-order valence-electron chi connectivity index (χ1n) is 10.0. The minimum absolute atomic E-state index is 0.0576. The molecule has 5 nitrogen and oxygen atoms in total. The lowest BCUT2D eigenvalue weighted by Gasteiger charge is -2.37. The Morgan fingerprint density at radius 1 is 1.48 bits per heavy atom. The number of aryl methyl sites for hydroxylation is 1. The summed E-state index contributed by atoms with van der Waals surface area (Å²) in [5.74, 6) is 0.879. The first-order chi connectivity index (χ1) is 14.0. The van der Waals surface area contributed by atoms with Gasteiger partial charge in [0.25, 0.3) is 0 Å². The van der Waals surface area contributed by atoms with Crippen LogP contribution in [0.2, 0.25) is 0 Å². The molecule has 0 fully saturated rings. The summed E-state index contributed by atoms with van der Waals surface area (Å²) in [6.07, 6.45) is 2.15. The lowest BCUT2D eigenvalue weighted by molar-refractivity contribution is -0.136. The molecule has 0 saturated carbocycles. The molecule has 1 aromatic heterocycles. The molecule has 2 aromatic rings. The van der Waals surface area contributed by atoms with Crippen LogP contribution in [0.5, 0.6) is 5.75 Å². The molecule has 1 aliphatic heterocycles. The predicted octanol–water partition coefficient (Wildman–Crippen LogP) is 3.43. The van der Waals surface area contributed by atoms with E-state index in [0.29, 0.717) is 26.2 Å². The van der Waals surface area contributed by atoms with Crippen molar-refractivity contribution in [2.24, 2.45) is 0 Å². The fraction of sp³-hybridized carbons (Fsp3) is 0.435. The van der Waals surface area contributed by atoms with Crippen molar-refractivity contribution in [3.8, 4) is 5.75 Å². The van der Waals surface area contributed by atoms with Crippen LogP contribution in [0.25, 0.3) is 0 Å². The summed E-state index contributed by atoms with van der Waals surface area (Å²) < 4.78 is 6.09. The van der Waals surface area contributed by atoms with Crippen LogP contribution in [0, 0.1) is 6.92 Å². The van der Waals surface area contributed by atoms with Crippen LogP contribution in [-0.4, -0.2) is 59.7 Å². The SMILES string of the molecule is C=CCN(CC(=O)N1CCc2sccc2[C@H]1COc1cccc(C)c1)C[C@@H](C)O. The Hall–Kier alpha value is -2.15. The number of nitrogens with zero attached hydrogens (tertiary/aromatic N) is 2. The largest absolute Gasteiger partial charge is 0.491 e. The zero-order valence-electron chi connectivity index (χ0n) is 17.2. The normalized spacial score (nSPS) is 17.1. The smallest absolute Gasteiger partial charge is 0.237 e. The van der Waals surface area contributed by atoms with Crippen molar-refractivity contribution in [2.45, 2.75) is 32.4 Å². The molecule has 0 aliphatic carbocycles. The third kappa shape index (κ3) is 5.69. The molecule has 0 bridgehead atoms. The number of carbonyl (C=O) groups is 1. The van der Waals surface area contributed by atoms with Gasteiger partial charge in [-0.2, -0.15) is 0 Å². The Kier molecular flexibility index (Phi) is 7.47. The van der Waals surface area contributed by atoms with Crippen molar-refractivity contribution in [1.82, 2.24) is 9.80 Å². The van der Waals surface area contributed by atoms with Gasteiger partial charge in [0, 0.05) is 24.5 Å². The van der Waals surface area contributed by atoms with E-state index in [-0.39, 0.29) is 18.5 Å². The number of benzene rings is 1.